The van der Waals surface area contributed by atoms with Gasteiger partial charge in [0.05, 0.1) is 18.9 Å². The molecule has 1 aliphatic heterocycles. The molecule has 2 aromatic heterocycles. The van der Waals surface area contributed by atoms with Crippen molar-refractivity contribution in [3.05, 3.63) is 10.5 Å². The molecule has 0 bridgehead atoms. The molecule has 0 radical (unpaired) electrons. The van der Waals surface area contributed by atoms with Crippen LogP contribution in [0, 0.1) is 11.8 Å². The van der Waals surface area contributed by atoms with Crippen molar-refractivity contribution in [1.29, 1.82) is 0 Å². The normalized spacial score (nSPS) is 16.2. The van der Waals surface area contributed by atoms with Crippen molar-refractivity contribution in [1.82, 2.24) is 15.2 Å². The smallest absolute Gasteiger partial charge is 0.284 e. The van der Waals surface area contributed by atoms with Crippen LogP contribution in [0.4, 0.5) is 5.13 Å². The lowest BCUT2D eigenvalue weighted by molar-refractivity contribution is 0.122. The SMILES string of the molecule is Cc1nc(N2CCOCC2)sc1-c1n[nH]c(=S)o1. The molecular formula is C10H12N4O2S2. The molecule has 0 spiro atoms. The summed E-state index contributed by atoms with van der Waals surface area (Å²) in [5, 5.41) is 7.64. The zero-order valence-corrected chi connectivity index (χ0v) is 11.4. The van der Waals surface area contributed by atoms with Gasteiger partial charge in [0, 0.05) is 13.1 Å². The number of hydrogen-bond acceptors (Lipinski definition) is 7. The lowest BCUT2D eigenvalue weighted by Crippen LogP contribution is -2.36. The van der Waals surface area contributed by atoms with Gasteiger partial charge in [-0.15, -0.1) is 5.10 Å². The van der Waals surface area contributed by atoms with Crippen LogP contribution in [0.25, 0.3) is 10.8 Å². The number of hydrogen-bond donors (Lipinski definition) is 1. The Morgan fingerprint density at radius 3 is 2.83 bits per heavy atom. The van der Waals surface area contributed by atoms with E-state index in [0.29, 0.717) is 5.89 Å². The Kier molecular flexibility index (Phi) is 3.14. The van der Waals surface area contributed by atoms with Crippen LogP contribution in [0.5, 0.6) is 0 Å². The number of morpholine rings is 1. The van der Waals surface area contributed by atoms with Crippen molar-refractivity contribution >= 4 is 28.7 Å². The van der Waals surface area contributed by atoms with Gasteiger partial charge < -0.3 is 14.1 Å². The van der Waals surface area contributed by atoms with Gasteiger partial charge in [-0.2, -0.15) is 0 Å². The van der Waals surface area contributed by atoms with E-state index >= 15 is 0 Å². The van der Waals surface area contributed by atoms with Crippen LogP contribution in [-0.4, -0.2) is 41.5 Å². The minimum atomic E-state index is 0.283. The highest BCUT2D eigenvalue weighted by Gasteiger charge is 2.19. The third-order valence-electron chi connectivity index (χ3n) is 2.70. The first kappa shape index (κ1) is 11.8. The molecule has 0 saturated carbocycles. The Hall–Kier alpha value is -1.25. The molecule has 1 fully saturated rings. The average Bonchev–Trinajstić information content (AvgIpc) is 2.97. The van der Waals surface area contributed by atoms with Crippen LogP contribution in [0.3, 0.4) is 0 Å². The highest BCUT2D eigenvalue weighted by Crippen LogP contribution is 2.33. The number of aromatic amines is 1. The number of rotatable bonds is 2. The molecule has 6 nitrogen and oxygen atoms in total. The van der Waals surface area contributed by atoms with E-state index < -0.39 is 0 Å². The number of anilines is 1. The van der Waals surface area contributed by atoms with Gasteiger partial charge in [-0.3, -0.25) is 0 Å². The first-order chi connectivity index (χ1) is 8.74. The van der Waals surface area contributed by atoms with Crippen LogP contribution in [0.2, 0.25) is 0 Å². The lowest BCUT2D eigenvalue weighted by Gasteiger charge is -2.25. The first-order valence-corrected chi connectivity index (χ1v) is 6.82. The summed E-state index contributed by atoms with van der Waals surface area (Å²) in [4.78, 5) is 7.98. The number of thiazole rings is 1. The zero-order chi connectivity index (χ0) is 12.5. The van der Waals surface area contributed by atoms with Gasteiger partial charge in [0.1, 0.15) is 4.88 Å². The number of aromatic nitrogens is 3. The summed E-state index contributed by atoms with van der Waals surface area (Å²) in [5.74, 6) is 0.509. The van der Waals surface area contributed by atoms with Crippen molar-refractivity contribution < 1.29 is 9.15 Å². The number of ether oxygens (including phenoxy) is 1. The molecule has 18 heavy (non-hydrogen) atoms. The summed E-state index contributed by atoms with van der Waals surface area (Å²) in [6, 6.07) is 0. The van der Waals surface area contributed by atoms with Crippen molar-refractivity contribution in [2.45, 2.75) is 6.92 Å². The molecule has 3 rings (SSSR count). The molecule has 0 aliphatic carbocycles. The maximum Gasteiger partial charge on any atom is 0.284 e. The minimum Gasteiger partial charge on any atom is -0.408 e. The van der Waals surface area contributed by atoms with Gasteiger partial charge in [-0.1, -0.05) is 11.3 Å². The molecular weight excluding hydrogens is 272 g/mol. The van der Waals surface area contributed by atoms with Gasteiger partial charge in [-0.25, -0.2) is 10.1 Å². The fraction of sp³-hybridized carbons (Fsp3) is 0.500. The number of aryl methyl sites for hydroxylation is 1. The van der Waals surface area contributed by atoms with E-state index in [0.717, 1.165) is 42.0 Å². The summed E-state index contributed by atoms with van der Waals surface area (Å²) in [7, 11) is 0. The second kappa shape index (κ2) is 4.79. The second-order valence-corrected chi connectivity index (χ2v) is 5.28. The minimum absolute atomic E-state index is 0.283. The third-order valence-corrected chi connectivity index (χ3v) is 4.08. The molecule has 0 atom stereocenters. The molecule has 2 aromatic rings. The summed E-state index contributed by atoms with van der Waals surface area (Å²) >= 11 is 6.45. The average molecular weight is 284 g/mol. The Balaban J connectivity index is 1.92. The molecule has 0 amide bonds. The molecule has 1 aliphatic rings. The van der Waals surface area contributed by atoms with Crippen molar-refractivity contribution in [2.75, 3.05) is 31.2 Å². The Morgan fingerprint density at radius 2 is 2.17 bits per heavy atom. The van der Waals surface area contributed by atoms with E-state index in [-0.39, 0.29) is 4.84 Å². The van der Waals surface area contributed by atoms with Crippen molar-refractivity contribution in [2.24, 2.45) is 0 Å². The quantitative estimate of drug-likeness (QED) is 0.851. The van der Waals surface area contributed by atoms with E-state index in [1.54, 1.807) is 11.3 Å². The number of nitrogens with one attached hydrogen (secondary N) is 1. The van der Waals surface area contributed by atoms with E-state index in [1.165, 1.54) is 0 Å². The van der Waals surface area contributed by atoms with Crippen molar-refractivity contribution in [3.63, 3.8) is 0 Å². The predicted molar refractivity (Wildman–Crippen MR) is 70.6 cm³/mol. The van der Waals surface area contributed by atoms with Crippen LogP contribution < -0.4 is 4.90 Å². The highest BCUT2D eigenvalue weighted by molar-refractivity contribution is 7.71. The number of H-pyrrole nitrogens is 1. The van der Waals surface area contributed by atoms with Gasteiger partial charge in [0.2, 0.25) is 0 Å². The Bertz CT molecular complexity index is 597. The maximum absolute atomic E-state index is 5.33. The fourth-order valence-corrected chi connectivity index (χ4v) is 2.97. The number of nitrogens with zero attached hydrogens (tertiary/aromatic N) is 3. The zero-order valence-electron chi connectivity index (χ0n) is 9.80. The maximum atomic E-state index is 5.33. The predicted octanol–water partition coefficient (Wildman–Crippen LogP) is 2.00. The second-order valence-electron chi connectivity index (χ2n) is 3.93. The summed E-state index contributed by atoms with van der Waals surface area (Å²) in [6.07, 6.45) is 0. The summed E-state index contributed by atoms with van der Waals surface area (Å²) in [5.41, 5.74) is 0.909. The van der Waals surface area contributed by atoms with Gasteiger partial charge >= 0.3 is 0 Å². The van der Waals surface area contributed by atoms with Crippen molar-refractivity contribution in [3.8, 4) is 10.8 Å². The van der Waals surface area contributed by atoms with Gasteiger partial charge in [0.25, 0.3) is 10.7 Å². The monoisotopic (exact) mass is 284 g/mol. The molecule has 0 aromatic carbocycles. The van der Waals surface area contributed by atoms with Crippen LogP contribution in [0.15, 0.2) is 4.42 Å². The molecule has 96 valence electrons. The van der Waals surface area contributed by atoms with E-state index in [9.17, 15) is 0 Å². The summed E-state index contributed by atoms with van der Waals surface area (Å²) in [6.45, 7) is 5.18. The molecule has 3 heterocycles. The van der Waals surface area contributed by atoms with E-state index in [4.69, 9.17) is 21.4 Å². The van der Waals surface area contributed by atoms with E-state index in [2.05, 4.69) is 20.1 Å². The molecule has 1 N–H and O–H groups in total. The van der Waals surface area contributed by atoms with Crippen LogP contribution in [-0.2, 0) is 4.74 Å². The fourth-order valence-electron chi connectivity index (χ4n) is 1.80. The first-order valence-electron chi connectivity index (χ1n) is 5.60. The lowest BCUT2D eigenvalue weighted by atomic mass is 10.4. The topological polar surface area (TPSA) is 67.2 Å². The van der Waals surface area contributed by atoms with E-state index in [1.807, 2.05) is 6.92 Å². The largest absolute Gasteiger partial charge is 0.408 e. The molecule has 1 saturated heterocycles. The molecule has 0 unspecified atom stereocenters. The van der Waals surface area contributed by atoms with Gasteiger partial charge in [0.15, 0.2) is 5.13 Å². The Labute approximate surface area is 113 Å². The molecule has 8 heteroatoms. The van der Waals surface area contributed by atoms with Gasteiger partial charge in [-0.05, 0) is 19.1 Å². The summed E-state index contributed by atoms with van der Waals surface area (Å²) < 4.78 is 10.7. The van der Waals surface area contributed by atoms with Crippen LogP contribution >= 0.6 is 23.6 Å². The highest BCUT2D eigenvalue weighted by atomic mass is 32.1. The van der Waals surface area contributed by atoms with Crippen LogP contribution in [0.1, 0.15) is 5.69 Å². The Morgan fingerprint density at radius 1 is 1.39 bits per heavy atom. The third kappa shape index (κ3) is 2.18. The standard InChI is InChI=1S/C10H12N4O2S2/c1-6-7(8-12-13-10(17)16-8)18-9(11-6)14-2-4-15-5-3-14/h2-5H2,1H3,(H,13,17).